The lowest BCUT2D eigenvalue weighted by Crippen LogP contribution is -2.61. The number of nitrogens with one attached hydrogen (secondary N) is 1. The Morgan fingerprint density at radius 3 is 2.53 bits per heavy atom. The zero-order valence-electron chi connectivity index (χ0n) is 25.9. The van der Waals surface area contributed by atoms with Crippen LogP contribution in [0.5, 0.6) is 0 Å². The third kappa shape index (κ3) is 5.50. The molecule has 0 saturated carbocycles. The van der Waals surface area contributed by atoms with Crippen LogP contribution in [0, 0.1) is 17.8 Å². The summed E-state index contributed by atoms with van der Waals surface area (Å²) in [5.41, 5.74) is -0.287. The summed E-state index contributed by atoms with van der Waals surface area (Å²) >= 11 is 0. The number of carbonyl (C=O) groups excluding carboxylic acids is 3. The molecule has 2 amide bonds. The normalized spacial score (nSPS) is 42.0. The van der Waals surface area contributed by atoms with Crippen LogP contribution in [0.1, 0.15) is 54.4 Å². The molecule has 0 aromatic rings. The van der Waals surface area contributed by atoms with Crippen molar-refractivity contribution in [1.29, 1.82) is 0 Å². The average molecular weight is 600 g/mol. The number of rotatable bonds is 7. The number of aliphatic hydroxyl groups excluding tert-OH is 1. The van der Waals surface area contributed by atoms with E-state index in [-0.39, 0.29) is 30.5 Å². The summed E-state index contributed by atoms with van der Waals surface area (Å²) in [5.74, 6) is -4.40. The second-order valence-corrected chi connectivity index (χ2v) is 12.7. The van der Waals surface area contributed by atoms with E-state index in [0.29, 0.717) is 13.0 Å². The van der Waals surface area contributed by atoms with E-state index in [1.54, 1.807) is 19.9 Å². The molecule has 5 rings (SSSR count). The van der Waals surface area contributed by atoms with E-state index < -0.39 is 70.7 Å². The van der Waals surface area contributed by atoms with Crippen LogP contribution in [-0.2, 0) is 33.3 Å². The van der Waals surface area contributed by atoms with Crippen molar-refractivity contribution in [2.24, 2.45) is 17.8 Å². The molecule has 11 nitrogen and oxygen atoms in total. The van der Waals surface area contributed by atoms with Gasteiger partial charge in [0.1, 0.15) is 12.3 Å². The number of likely N-dealkylation sites (tertiary alicyclic amines) is 1. The molecule has 0 aromatic heterocycles. The molecule has 5 heterocycles. The highest BCUT2D eigenvalue weighted by Gasteiger charge is 2.66. The van der Waals surface area contributed by atoms with E-state index in [1.165, 1.54) is 18.0 Å². The van der Waals surface area contributed by atoms with Crippen LogP contribution in [0.4, 0.5) is 0 Å². The van der Waals surface area contributed by atoms with Crippen molar-refractivity contribution in [2.75, 3.05) is 13.7 Å². The molecule has 4 saturated heterocycles. The van der Waals surface area contributed by atoms with Gasteiger partial charge in [0.05, 0.1) is 42.5 Å². The molecule has 11 atom stereocenters. The minimum absolute atomic E-state index is 0.0424. The molecule has 0 aliphatic carbocycles. The number of amides is 2. The minimum Gasteiger partial charge on any atom is -0.872 e. The number of Topliss-reactive ketones (excluding diaryl/α,β-unsaturated/α-hetero) is 1. The highest BCUT2D eigenvalue weighted by Crippen LogP contribution is 2.52. The highest BCUT2D eigenvalue weighted by atomic mass is 16.8. The van der Waals surface area contributed by atoms with E-state index in [1.807, 2.05) is 39.0 Å². The Kier molecular flexibility index (Phi) is 8.51. The van der Waals surface area contributed by atoms with Crippen molar-refractivity contribution in [2.45, 2.75) is 102 Å². The van der Waals surface area contributed by atoms with E-state index in [9.17, 15) is 24.6 Å². The molecule has 5 aliphatic rings. The molecule has 0 radical (unpaired) electrons. The number of hydrogen-bond acceptors (Lipinski definition) is 9. The molecule has 43 heavy (non-hydrogen) atoms. The van der Waals surface area contributed by atoms with Crippen molar-refractivity contribution in [3.63, 3.8) is 0 Å². The van der Waals surface area contributed by atoms with Crippen LogP contribution < -0.4 is 10.4 Å². The van der Waals surface area contributed by atoms with Gasteiger partial charge in [-0.3, -0.25) is 14.4 Å². The lowest BCUT2D eigenvalue weighted by Gasteiger charge is -2.51. The first kappa shape index (κ1) is 31.6. The molecular formula is C32H43N2O9-. The summed E-state index contributed by atoms with van der Waals surface area (Å²) in [6, 6.07) is -1.19. The monoisotopic (exact) mass is 599 g/mol. The SMILES string of the molecule is CNC(=O)C(C)C1C(=O)/C(=C([O-])/C=C/C(C)=C/C(C)C2OC3(C)OC(C=CC34CO4)C2C)C(=O)N1C1CCC(O)C(C)O1. The maximum absolute atomic E-state index is 13.6. The van der Waals surface area contributed by atoms with Crippen molar-refractivity contribution in [3.05, 3.63) is 47.3 Å². The predicted molar refractivity (Wildman–Crippen MR) is 153 cm³/mol. The van der Waals surface area contributed by atoms with Crippen molar-refractivity contribution in [1.82, 2.24) is 10.2 Å². The standard InChI is InChI=1S/C32H44N2O9/c1-16(14-17(2)28-18(3)23-12-13-32(15-40-32)31(6,42-23)43-28)8-9-22(36)25-27(37)26(19(4)29(38)33-7)34(30(25)39)24-11-10-21(35)20(5)41-24/h8-9,12-14,17-21,23-24,26,28,35-36H,10-11,15H2,1-7H3,(H,33,38)/p-1/b9-8+,16-14+,25-22+. The fraction of sp³-hybridized carbons (Fsp3) is 0.656. The summed E-state index contributed by atoms with van der Waals surface area (Å²) in [4.78, 5) is 40.9. The first-order valence-electron chi connectivity index (χ1n) is 15.1. The Labute approximate surface area is 252 Å². The number of ether oxygens (including phenoxy) is 4. The Morgan fingerprint density at radius 2 is 1.91 bits per heavy atom. The predicted octanol–water partition coefficient (Wildman–Crippen LogP) is 1.26. The third-order valence-electron chi connectivity index (χ3n) is 9.66. The Hall–Kier alpha value is -2.83. The lowest BCUT2D eigenvalue weighted by atomic mass is 9.82. The van der Waals surface area contributed by atoms with Gasteiger partial charge in [0, 0.05) is 18.9 Å². The number of fused-ring (bicyclic) bond motifs is 3. The number of nitrogens with zero attached hydrogens (tertiary/aromatic N) is 1. The second-order valence-electron chi connectivity index (χ2n) is 12.7. The molecule has 5 aliphatic heterocycles. The molecule has 11 heteroatoms. The van der Waals surface area contributed by atoms with Crippen molar-refractivity contribution in [3.8, 4) is 0 Å². The molecule has 0 aromatic carbocycles. The van der Waals surface area contributed by atoms with Crippen LogP contribution in [0.15, 0.2) is 47.3 Å². The van der Waals surface area contributed by atoms with Gasteiger partial charge in [0.2, 0.25) is 11.7 Å². The smallest absolute Gasteiger partial charge is 0.259 e. The molecule has 4 fully saturated rings. The summed E-state index contributed by atoms with van der Waals surface area (Å²) in [5, 5.41) is 26.0. The fourth-order valence-electron chi connectivity index (χ4n) is 6.81. The van der Waals surface area contributed by atoms with Gasteiger partial charge in [-0.2, -0.15) is 0 Å². The van der Waals surface area contributed by atoms with Crippen molar-refractivity contribution >= 4 is 17.6 Å². The van der Waals surface area contributed by atoms with Crippen LogP contribution in [0.3, 0.4) is 0 Å². The third-order valence-corrected chi connectivity index (χ3v) is 9.66. The van der Waals surface area contributed by atoms with Gasteiger partial charge in [-0.05, 0) is 39.7 Å². The zero-order chi connectivity index (χ0) is 31.4. The van der Waals surface area contributed by atoms with Gasteiger partial charge >= 0.3 is 0 Å². The van der Waals surface area contributed by atoms with Crippen LogP contribution >= 0.6 is 0 Å². The topological polar surface area (TPSA) is 150 Å². The molecule has 11 unspecified atom stereocenters. The quantitative estimate of drug-likeness (QED) is 0.110. The average Bonchev–Trinajstić information content (AvgIpc) is 3.71. The lowest BCUT2D eigenvalue weighted by molar-refractivity contribution is -0.346. The van der Waals surface area contributed by atoms with Gasteiger partial charge in [-0.15, -0.1) is 0 Å². The van der Waals surface area contributed by atoms with Crippen molar-refractivity contribution < 1.29 is 43.5 Å². The molecule has 2 N–H and O–H groups in total. The van der Waals surface area contributed by atoms with Gasteiger partial charge < -0.3 is 39.4 Å². The van der Waals surface area contributed by atoms with Gasteiger partial charge in [0.15, 0.2) is 11.4 Å². The van der Waals surface area contributed by atoms with E-state index >= 15 is 0 Å². The van der Waals surface area contributed by atoms with E-state index in [2.05, 4.69) is 12.2 Å². The summed E-state index contributed by atoms with van der Waals surface area (Å²) in [7, 11) is 1.45. The maximum Gasteiger partial charge on any atom is 0.259 e. The second kappa shape index (κ2) is 11.6. The largest absolute Gasteiger partial charge is 0.872 e. The molecular weight excluding hydrogens is 556 g/mol. The van der Waals surface area contributed by atoms with Gasteiger partial charge in [0.25, 0.3) is 5.91 Å². The highest BCUT2D eigenvalue weighted by molar-refractivity contribution is 6.27. The van der Waals surface area contributed by atoms with Crippen LogP contribution in [0.2, 0.25) is 0 Å². The van der Waals surface area contributed by atoms with Gasteiger partial charge in [-0.25, -0.2) is 0 Å². The maximum atomic E-state index is 13.6. The summed E-state index contributed by atoms with van der Waals surface area (Å²) < 4.78 is 24.3. The Bertz CT molecular complexity index is 1280. The van der Waals surface area contributed by atoms with E-state index in [4.69, 9.17) is 18.9 Å². The molecule has 2 bridgehead atoms. The number of hydrogen-bond donors (Lipinski definition) is 2. The Morgan fingerprint density at radius 1 is 1.21 bits per heavy atom. The zero-order valence-corrected chi connectivity index (χ0v) is 25.9. The first-order valence-corrected chi connectivity index (χ1v) is 15.1. The first-order chi connectivity index (χ1) is 20.2. The number of carbonyl (C=O) groups is 3. The molecule has 236 valence electrons. The fourth-order valence-corrected chi connectivity index (χ4v) is 6.81. The van der Waals surface area contributed by atoms with E-state index in [0.717, 1.165) is 5.57 Å². The number of ketones is 1. The number of aliphatic hydroxyl groups is 1. The Balaban J connectivity index is 1.36. The van der Waals surface area contributed by atoms with Gasteiger partial charge in [-0.1, -0.05) is 56.4 Å². The number of allylic oxidation sites excluding steroid dienone is 3. The molecule has 1 spiro atoms. The number of epoxide rings is 1. The summed E-state index contributed by atoms with van der Waals surface area (Å²) in [6.07, 6.45) is 7.13. The van der Waals surface area contributed by atoms with Crippen LogP contribution in [0.25, 0.3) is 0 Å². The van der Waals surface area contributed by atoms with Crippen LogP contribution in [-0.4, -0.2) is 89.3 Å². The summed E-state index contributed by atoms with van der Waals surface area (Å²) in [6.45, 7) is 11.6. The minimum atomic E-state index is -1.19.